The third-order valence-electron chi connectivity index (χ3n) is 6.74. The molecule has 0 amide bonds. The number of nitrogens with zero attached hydrogens (tertiary/aromatic N) is 4. The number of rotatable bonds is 9. The number of thioether (sulfide) groups is 1. The van der Waals surface area contributed by atoms with E-state index in [4.69, 9.17) is 4.98 Å². The Morgan fingerprint density at radius 1 is 1.15 bits per heavy atom. The molecule has 0 spiro atoms. The van der Waals surface area contributed by atoms with Crippen LogP contribution >= 0.6 is 11.8 Å². The highest BCUT2D eigenvalue weighted by Crippen LogP contribution is 2.37. The summed E-state index contributed by atoms with van der Waals surface area (Å²) < 4.78 is 0. The van der Waals surface area contributed by atoms with E-state index in [1.165, 1.54) is 56.0 Å². The first-order valence-corrected chi connectivity index (χ1v) is 12.8. The number of pyridine rings is 2. The number of hydrogen-bond acceptors (Lipinski definition) is 6. The fourth-order valence-electron chi connectivity index (χ4n) is 4.49. The first-order chi connectivity index (χ1) is 16.1. The third-order valence-corrected chi connectivity index (χ3v) is 7.69. The second kappa shape index (κ2) is 10.00. The van der Waals surface area contributed by atoms with E-state index in [1.54, 1.807) is 6.20 Å². The van der Waals surface area contributed by atoms with Crippen molar-refractivity contribution in [3.8, 4) is 11.3 Å². The zero-order chi connectivity index (χ0) is 22.6. The molecule has 1 saturated carbocycles. The number of H-pyrrole nitrogens is 1. The molecule has 1 aliphatic heterocycles. The standard InChI is InChI=1S/C26H32N6S/c1-18-3-8-24(22-16-28-29-17-22)31-26(18)33-19(2)30-25-15-23(9-12-27-25)32-13-10-21(11-14-32)7-6-20-4-5-20/h3,8-9,12,15-17,20-21H,2,4-7,10-11,13-14H2,1H3,(H,27,30)(H,28,29). The first kappa shape index (κ1) is 22.0. The highest BCUT2D eigenvalue weighted by atomic mass is 32.2. The second-order valence-electron chi connectivity index (χ2n) is 9.31. The Bertz CT molecular complexity index is 1080. The van der Waals surface area contributed by atoms with Crippen LogP contribution in [0.5, 0.6) is 0 Å². The van der Waals surface area contributed by atoms with Crippen molar-refractivity contribution in [1.82, 2.24) is 20.2 Å². The molecule has 33 heavy (non-hydrogen) atoms. The number of piperidine rings is 1. The quantitative estimate of drug-likeness (QED) is 0.368. The van der Waals surface area contributed by atoms with E-state index in [2.05, 4.69) is 57.1 Å². The normalized spacial score (nSPS) is 16.7. The molecular weight excluding hydrogens is 428 g/mol. The molecule has 0 bridgehead atoms. The summed E-state index contributed by atoms with van der Waals surface area (Å²) in [6, 6.07) is 8.35. The monoisotopic (exact) mass is 460 g/mol. The van der Waals surface area contributed by atoms with Crippen molar-refractivity contribution < 1.29 is 0 Å². The van der Waals surface area contributed by atoms with Crippen molar-refractivity contribution in [2.75, 3.05) is 23.3 Å². The van der Waals surface area contributed by atoms with E-state index in [0.717, 1.165) is 57.6 Å². The Labute approximate surface area is 200 Å². The van der Waals surface area contributed by atoms with Crippen molar-refractivity contribution in [2.45, 2.75) is 50.5 Å². The third kappa shape index (κ3) is 5.77. The minimum Gasteiger partial charge on any atom is -0.371 e. The van der Waals surface area contributed by atoms with Gasteiger partial charge in [0.15, 0.2) is 0 Å². The van der Waals surface area contributed by atoms with E-state index in [0.29, 0.717) is 0 Å². The average molecular weight is 461 g/mol. The minimum absolute atomic E-state index is 0.804. The van der Waals surface area contributed by atoms with Crippen molar-refractivity contribution in [3.05, 3.63) is 60.0 Å². The fraction of sp³-hybridized carbons (Fsp3) is 0.423. The van der Waals surface area contributed by atoms with Gasteiger partial charge in [0.2, 0.25) is 0 Å². The summed E-state index contributed by atoms with van der Waals surface area (Å²) in [5, 5.41) is 12.0. The van der Waals surface area contributed by atoms with Crippen LogP contribution in [0.3, 0.4) is 0 Å². The highest BCUT2D eigenvalue weighted by Gasteiger charge is 2.25. The van der Waals surface area contributed by atoms with Gasteiger partial charge in [0.05, 0.1) is 16.9 Å². The first-order valence-electron chi connectivity index (χ1n) is 12.0. The van der Waals surface area contributed by atoms with Crippen molar-refractivity contribution >= 4 is 23.3 Å². The van der Waals surface area contributed by atoms with Gasteiger partial charge in [0, 0.05) is 42.8 Å². The number of aryl methyl sites for hydroxylation is 1. The molecule has 6 nitrogen and oxygen atoms in total. The van der Waals surface area contributed by atoms with Crippen LogP contribution < -0.4 is 10.2 Å². The van der Waals surface area contributed by atoms with E-state index in [9.17, 15) is 0 Å². The van der Waals surface area contributed by atoms with Crippen molar-refractivity contribution in [2.24, 2.45) is 11.8 Å². The molecule has 7 heteroatoms. The molecule has 4 heterocycles. The smallest absolute Gasteiger partial charge is 0.132 e. The van der Waals surface area contributed by atoms with E-state index < -0.39 is 0 Å². The van der Waals surface area contributed by atoms with E-state index in [-0.39, 0.29) is 0 Å². The van der Waals surface area contributed by atoms with Crippen LogP contribution in [0.25, 0.3) is 11.3 Å². The molecule has 0 atom stereocenters. The predicted octanol–water partition coefficient (Wildman–Crippen LogP) is 6.26. The lowest BCUT2D eigenvalue weighted by atomic mass is 9.91. The molecule has 0 radical (unpaired) electrons. The lowest BCUT2D eigenvalue weighted by molar-refractivity contribution is 0.365. The van der Waals surface area contributed by atoms with Gasteiger partial charge in [0.25, 0.3) is 0 Å². The zero-order valence-corrected chi connectivity index (χ0v) is 20.1. The van der Waals surface area contributed by atoms with Crippen LogP contribution in [0.4, 0.5) is 11.5 Å². The van der Waals surface area contributed by atoms with Gasteiger partial charge in [-0.3, -0.25) is 5.10 Å². The summed E-state index contributed by atoms with van der Waals surface area (Å²) >= 11 is 1.53. The van der Waals surface area contributed by atoms with Crippen LogP contribution in [-0.4, -0.2) is 33.3 Å². The van der Waals surface area contributed by atoms with Gasteiger partial charge in [-0.05, 0) is 49.3 Å². The predicted molar refractivity (Wildman–Crippen MR) is 136 cm³/mol. The topological polar surface area (TPSA) is 69.7 Å². The lowest BCUT2D eigenvalue weighted by Gasteiger charge is -2.33. The summed E-state index contributed by atoms with van der Waals surface area (Å²) in [7, 11) is 0. The lowest BCUT2D eigenvalue weighted by Crippen LogP contribution is -2.33. The summed E-state index contributed by atoms with van der Waals surface area (Å²) in [6.07, 6.45) is 14.0. The number of hydrogen-bond donors (Lipinski definition) is 2. The summed E-state index contributed by atoms with van der Waals surface area (Å²) in [6.45, 7) is 8.55. The second-order valence-corrected chi connectivity index (χ2v) is 10.4. The van der Waals surface area contributed by atoms with Gasteiger partial charge in [-0.25, -0.2) is 9.97 Å². The number of aromatic nitrogens is 4. The van der Waals surface area contributed by atoms with Gasteiger partial charge < -0.3 is 10.2 Å². The Morgan fingerprint density at radius 2 is 1.94 bits per heavy atom. The number of nitrogens with one attached hydrogen (secondary N) is 2. The van der Waals surface area contributed by atoms with Crippen molar-refractivity contribution in [1.29, 1.82) is 0 Å². The SMILES string of the molecule is C=C(Nc1cc(N2CCC(CCC3CC3)CC2)ccn1)Sc1nc(-c2cn[nH]c2)ccc1C. The molecule has 3 aromatic heterocycles. The Hall–Kier alpha value is -2.80. The molecule has 3 aromatic rings. The maximum absolute atomic E-state index is 4.80. The maximum Gasteiger partial charge on any atom is 0.132 e. The Balaban J connectivity index is 1.18. The molecule has 172 valence electrons. The molecular formula is C26H32N6S. The van der Waals surface area contributed by atoms with Gasteiger partial charge in [-0.15, -0.1) is 0 Å². The zero-order valence-electron chi connectivity index (χ0n) is 19.3. The molecule has 2 fully saturated rings. The van der Waals surface area contributed by atoms with E-state index in [1.807, 2.05) is 18.5 Å². The molecule has 0 aromatic carbocycles. The molecule has 1 aliphatic carbocycles. The van der Waals surface area contributed by atoms with Gasteiger partial charge in [-0.2, -0.15) is 5.10 Å². The highest BCUT2D eigenvalue weighted by molar-refractivity contribution is 8.03. The molecule has 2 N–H and O–H groups in total. The fourth-order valence-corrected chi connectivity index (χ4v) is 5.25. The summed E-state index contributed by atoms with van der Waals surface area (Å²) in [4.78, 5) is 11.8. The van der Waals surface area contributed by atoms with Gasteiger partial charge in [-0.1, -0.05) is 50.1 Å². The van der Waals surface area contributed by atoms with Crippen LogP contribution in [0.15, 0.2) is 59.5 Å². The van der Waals surface area contributed by atoms with Crippen LogP contribution in [0, 0.1) is 18.8 Å². The van der Waals surface area contributed by atoms with Crippen LogP contribution in [-0.2, 0) is 0 Å². The molecule has 1 saturated heterocycles. The van der Waals surface area contributed by atoms with Crippen molar-refractivity contribution in [3.63, 3.8) is 0 Å². The average Bonchev–Trinajstić information content (AvgIpc) is 3.50. The molecule has 2 aliphatic rings. The summed E-state index contributed by atoms with van der Waals surface area (Å²) in [5.74, 6) is 2.78. The minimum atomic E-state index is 0.804. The largest absolute Gasteiger partial charge is 0.371 e. The van der Waals surface area contributed by atoms with Crippen LogP contribution in [0.1, 0.15) is 44.1 Å². The van der Waals surface area contributed by atoms with Gasteiger partial charge >= 0.3 is 0 Å². The van der Waals surface area contributed by atoms with Crippen LogP contribution in [0.2, 0.25) is 0 Å². The molecule has 5 rings (SSSR count). The van der Waals surface area contributed by atoms with Gasteiger partial charge in [0.1, 0.15) is 10.8 Å². The van der Waals surface area contributed by atoms with E-state index >= 15 is 0 Å². The maximum atomic E-state index is 4.80. The Morgan fingerprint density at radius 3 is 2.67 bits per heavy atom. The Kier molecular flexibility index (Phi) is 6.67. The summed E-state index contributed by atoms with van der Waals surface area (Å²) in [5.41, 5.74) is 4.22. The number of anilines is 2. The number of aromatic amines is 1. The molecule has 0 unspecified atom stereocenters.